The van der Waals surface area contributed by atoms with E-state index in [-0.39, 0.29) is 36.2 Å². The van der Waals surface area contributed by atoms with Crippen LogP contribution in [0.25, 0.3) is 11.3 Å². The highest BCUT2D eigenvalue weighted by atomic mass is 16.6. The Morgan fingerprint density at radius 2 is 1.86 bits per heavy atom. The van der Waals surface area contributed by atoms with E-state index in [1.165, 1.54) is 6.42 Å². The molecular formula is C33H46N4O6. The molecule has 2 aliphatic carbocycles. The second-order valence-electron chi connectivity index (χ2n) is 13.1. The van der Waals surface area contributed by atoms with Gasteiger partial charge in [-0.2, -0.15) is 0 Å². The predicted molar refractivity (Wildman–Crippen MR) is 164 cm³/mol. The van der Waals surface area contributed by atoms with Crippen LogP contribution in [-0.2, 0) is 16.0 Å². The maximum atomic E-state index is 13.0. The lowest BCUT2D eigenvalue weighted by Crippen LogP contribution is -2.42. The SMILES string of the molecule is CC(C)(C)OC(=O)N1CCCC(c2cc(-c3c(O)cccc3OCC3CC3)nc(N)c2CNC(=O)OC2CCCCC2)C1. The summed E-state index contributed by atoms with van der Waals surface area (Å²) >= 11 is 0. The van der Waals surface area contributed by atoms with Crippen molar-refractivity contribution in [1.29, 1.82) is 0 Å². The summed E-state index contributed by atoms with van der Waals surface area (Å²) in [4.78, 5) is 32.2. The molecule has 1 aliphatic heterocycles. The van der Waals surface area contributed by atoms with E-state index < -0.39 is 11.7 Å². The molecule has 5 rings (SSSR count). The molecule has 1 unspecified atom stereocenters. The zero-order valence-corrected chi connectivity index (χ0v) is 25.7. The molecule has 2 amide bonds. The lowest BCUT2D eigenvalue weighted by atomic mass is 9.86. The van der Waals surface area contributed by atoms with Crippen LogP contribution in [0.3, 0.4) is 0 Å². The number of nitrogen functional groups attached to an aromatic ring is 1. The van der Waals surface area contributed by atoms with E-state index in [1.54, 1.807) is 17.0 Å². The van der Waals surface area contributed by atoms with E-state index >= 15 is 0 Å². The van der Waals surface area contributed by atoms with Crippen LogP contribution in [0.4, 0.5) is 15.4 Å². The molecule has 0 bridgehead atoms. The van der Waals surface area contributed by atoms with Gasteiger partial charge in [-0.05, 0) is 102 Å². The summed E-state index contributed by atoms with van der Waals surface area (Å²) in [5.41, 5.74) is 8.52. The maximum absolute atomic E-state index is 13.0. The summed E-state index contributed by atoms with van der Waals surface area (Å²) in [5, 5.41) is 13.8. The fourth-order valence-electron chi connectivity index (χ4n) is 5.95. The van der Waals surface area contributed by atoms with Crippen molar-refractivity contribution in [3.8, 4) is 22.8 Å². The van der Waals surface area contributed by atoms with Gasteiger partial charge in [-0.25, -0.2) is 14.6 Å². The molecule has 43 heavy (non-hydrogen) atoms. The van der Waals surface area contributed by atoms with Crippen molar-refractivity contribution >= 4 is 18.0 Å². The number of hydrogen-bond acceptors (Lipinski definition) is 8. The van der Waals surface area contributed by atoms with Gasteiger partial charge in [0.2, 0.25) is 0 Å². The summed E-state index contributed by atoms with van der Waals surface area (Å²) in [6.45, 7) is 7.31. The van der Waals surface area contributed by atoms with Gasteiger partial charge in [0.25, 0.3) is 0 Å². The number of phenols is 1. The molecule has 2 saturated carbocycles. The van der Waals surface area contributed by atoms with E-state index in [0.717, 1.165) is 56.9 Å². The average Bonchev–Trinajstić information content (AvgIpc) is 3.79. The minimum atomic E-state index is -0.603. The van der Waals surface area contributed by atoms with Crippen molar-refractivity contribution in [2.24, 2.45) is 5.92 Å². The number of nitrogens with zero attached hydrogens (tertiary/aromatic N) is 2. The third-order valence-corrected chi connectivity index (χ3v) is 8.37. The number of hydrogen-bond donors (Lipinski definition) is 3. The molecule has 2 aromatic rings. The molecule has 2 heterocycles. The normalized spacial score (nSPS) is 19.5. The lowest BCUT2D eigenvalue weighted by Gasteiger charge is -2.35. The quantitative estimate of drug-likeness (QED) is 0.315. The van der Waals surface area contributed by atoms with Crippen LogP contribution in [0.5, 0.6) is 11.5 Å². The number of piperidine rings is 1. The molecule has 0 radical (unpaired) electrons. The van der Waals surface area contributed by atoms with Gasteiger partial charge in [-0.3, -0.25) is 0 Å². The van der Waals surface area contributed by atoms with Gasteiger partial charge in [-0.15, -0.1) is 0 Å². The zero-order chi connectivity index (χ0) is 30.6. The third kappa shape index (κ3) is 8.24. The first-order valence-electron chi connectivity index (χ1n) is 15.7. The van der Waals surface area contributed by atoms with Crippen LogP contribution >= 0.6 is 0 Å². The molecule has 3 fully saturated rings. The molecule has 10 heteroatoms. The summed E-state index contributed by atoms with van der Waals surface area (Å²) < 4.78 is 17.5. The Labute approximate surface area is 254 Å². The van der Waals surface area contributed by atoms with Crippen molar-refractivity contribution in [2.45, 2.75) is 103 Å². The fraction of sp³-hybridized carbons (Fsp3) is 0.606. The van der Waals surface area contributed by atoms with Crippen LogP contribution in [0, 0.1) is 5.92 Å². The summed E-state index contributed by atoms with van der Waals surface area (Å²) in [5.74, 6) is 1.29. The molecule has 4 N–H and O–H groups in total. The molecule has 1 aromatic carbocycles. The predicted octanol–water partition coefficient (Wildman–Crippen LogP) is 6.50. The average molecular weight is 595 g/mol. The van der Waals surface area contributed by atoms with Crippen molar-refractivity contribution in [3.05, 3.63) is 35.4 Å². The molecule has 234 valence electrons. The number of nitrogens with one attached hydrogen (secondary N) is 1. The van der Waals surface area contributed by atoms with Crippen LogP contribution in [0.2, 0.25) is 0 Å². The number of aromatic nitrogens is 1. The number of benzene rings is 1. The second-order valence-corrected chi connectivity index (χ2v) is 13.1. The fourth-order valence-corrected chi connectivity index (χ4v) is 5.95. The zero-order valence-electron chi connectivity index (χ0n) is 25.7. The minimum absolute atomic E-state index is 0.0482. The highest BCUT2D eigenvalue weighted by molar-refractivity contribution is 5.76. The number of carbonyl (C=O) groups excluding carboxylic acids is 2. The Balaban J connectivity index is 1.44. The Morgan fingerprint density at radius 1 is 1.09 bits per heavy atom. The molecule has 1 atom stereocenters. The van der Waals surface area contributed by atoms with Gasteiger partial charge in [0.1, 0.15) is 29.0 Å². The van der Waals surface area contributed by atoms with E-state index in [1.807, 2.05) is 32.9 Å². The third-order valence-electron chi connectivity index (χ3n) is 8.37. The van der Waals surface area contributed by atoms with Crippen LogP contribution in [0.15, 0.2) is 24.3 Å². The largest absolute Gasteiger partial charge is 0.507 e. The van der Waals surface area contributed by atoms with Crippen molar-refractivity contribution in [1.82, 2.24) is 15.2 Å². The van der Waals surface area contributed by atoms with Gasteiger partial charge in [0.15, 0.2) is 0 Å². The van der Waals surface area contributed by atoms with Gasteiger partial charge in [0, 0.05) is 24.6 Å². The molecule has 0 spiro atoms. The van der Waals surface area contributed by atoms with E-state index in [0.29, 0.717) is 48.2 Å². The Bertz CT molecular complexity index is 1300. The molecule has 10 nitrogen and oxygen atoms in total. The minimum Gasteiger partial charge on any atom is -0.507 e. The topological polar surface area (TPSA) is 136 Å². The van der Waals surface area contributed by atoms with Crippen molar-refractivity contribution in [2.75, 3.05) is 25.4 Å². The molecule has 1 saturated heterocycles. The highest BCUT2D eigenvalue weighted by Crippen LogP contribution is 2.41. The summed E-state index contributed by atoms with van der Waals surface area (Å²) in [7, 11) is 0. The second kappa shape index (κ2) is 13.3. The first-order valence-corrected chi connectivity index (χ1v) is 15.7. The van der Waals surface area contributed by atoms with Gasteiger partial charge in [-0.1, -0.05) is 12.5 Å². The Hall–Kier alpha value is -3.69. The Kier molecular flexibility index (Phi) is 9.52. The van der Waals surface area contributed by atoms with E-state index in [2.05, 4.69) is 5.32 Å². The van der Waals surface area contributed by atoms with Crippen LogP contribution in [0.1, 0.15) is 95.6 Å². The van der Waals surface area contributed by atoms with Crippen molar-refractivity contribution in [3.63, 3.8) is 0 Å². The maximum Gasteiger partial charge on any atom is 0.410 e. The number of nitrogens with two attached hydrogens (primary N) is 1. The molecule has 3 aliphatic rings. The number of carbonyl (C=O) groups is 2. The molecule has 1 aromatic heterocycles. The number of alkyl carbamates (subject to hydrolysis) is 1. The summed E-state index contributed by atoms with van der Waals surface area (Å²) in [6, 6.07) is 7.11. The number of likely N-dealkylation sites (tertiary alicyclic amines) is 1. The lowest BCUT2D eigenvalue weighted by molar-refractivity contribution is 0.0198. The number of ether oxygens (including phenoxy) is 3. The van der Waals surface area contributed by atoms with Gasteiger partial charge in [0.05, 0.1) is 24.4 Å². The van der Waals surface area contributed by atoms with Gasteiger partial charge < -0.3 is 35.3 Å². The number of anilines is 1. The first kappa shape index (κ1) is 30.8. The van der Waals surface area contributed by atoms with Crippen molar-refractivity contribution < 1.29 is 28.9 Å². The smallest absolute Gasteiger partial charge is 0.410 e. The number of rotatable bonds is 8. The van der Waals surface area contributed by atoms with E-state index in [4.69, 9.17) is 24.9 Å². The number of pyridine rings is 1. The Morgan fingerprint density at radius 3 is 2.58 bits per heavy atom. The first-order chi connectivity index (χ1) is 20.6. The van der Waals surface area contributed by atoms with Crippen LogP contribution < -0.4 is 15.8 Å². The van der Waals surface area contributed by atoms with E-state index in [9.17, 15) is 14.7 Å². The highest BCUT2D eigenvalue weighted by Gasteiger charge is 2.31. The number of aromatic hydroxyl groups is 1. The number of phenolic OH excluding ortho intramolecular Hbond substituents is 1. The number of amides is 2. The monoisotopic (exact) mass is 594 g/mol. The van der Waals surface area contributed by atoms with Gasteiger partial charge >= 0.3 is 12.2 Å². The summed E-state index contributed by atoms with van der Waals surface area (Å²) in [6.07, 6.45) is 8.04. The standard InChI is InChI=1S/C33H46N4O6/c1-33(2,3)43-32(40)37-16-8-9-22(19-37)24-17-26(29-27(38)12-7-13-28(29)41-20-21-14-15-21)36-30(34)25(24)18-35-31(39)42-23-10-5-4-6-11-23/h7,12-13,17,21-23,38H,4-6,8-11,14-16,18-20H2,1-3H3,(H2,34,36)(H,35,39). The van der Waals surface area contributed by atoms with Crippen LogP contribution in [-0.4, -0.2) is 58.6 Å². The molecular weight excluding hydrogens is 548 g/mol.